The molecule has 0 aromatic rings. The molecule has 1 rings (SSSR count). The molecule has 18 heavy (non-hydrogen) atoms. The van der Waals surface area contributed by atoms with Crippen LogP contribution in [0.25, 0.3) is 0 Å². The molecule has 1 N–H and O–H groups in total. The summed E-state index contributed by atoms with van der Waals surface area (Å²) in [4.78, 5) is 0. The summed E-state index contributed by atoms with van der Waals surface area (Å²) >= 11 is 0. The van der Waals surface area contributed by atoms with E-state index < -0.39 is 10.0 Å². The first kappa shape index (κ1) is 15.9. The highest BCUT2D eigenvalue weighted by molar-refractivity contribution is 7.89. The van der Waals surface area contributed by atoms with Crippen LogP contribution in [0.4, 0.5) is 0 Å². The third-order valence-electron chi connectivity index (χ3n) is 3.41. The number of hydrogen-bond donors (Lipinski definition) is 1. The molecular formula is C12H25NO4S. The summed E-state index contributed by atoms with van der Waals surface area (Å²) in [6.45, 7) is 0.566. The molecule has 1 saturated carbocycles. The average Bonchev–Trinajstić information content (AvgIpc) is 2.37. The third-order valence-corrected chi connectivity index (χ3v) is 5.41. The largest absolute Gasteiger partial charge is 0.395 e. The summed E-state index contributed by atoms with van der Waals surface area (Å²) in [7, 11) is -1.69. The van der Waals surface area contributed by atoms with E-state index in [0.29, 0.717) is 13.0 Å². The first-order chi connectivity index (χ1) is 8.61. The lowest BCUT2D eigenvalue weighted by atomic mass is 9.95. The number of rotatable bonds is 8. The van der Waals surface area contributed by atoms with Crippen LogP contribution in [0.15, 0.2) is 0 Å². The van der Waals surface area contributed by atoms with Gasteiger partial charge in [0.1, 0.15) is 0 Å². The molecule has 1 fully saturated rings. The van der Waals surface area contributed by atoms with E-state index in [-0.39, 0.29) is 24.9 Å². The zero-order valence-electron chi connectivity index (χ0n) is 11.2. The van der Waals surface area contributed by atoms with Crippen molar-refractivity contribution in [1.82, 2.24) is 4.31 Å². The Hall–Kier alpha value is -0.170. The Morgan fingerprint density at radius 3 is 2.50 bits per heavy atom. The van der Waals surface area contributed by atoms with E-state index in [9.17, 15) is 8.42 Å². The first-order valence-electron chi connectivity index (χ1n) is 6.71. The Balaban J connectivity index is 2.63. The van der Waals surface area contributed by atoms with Crippen molar-refractivity contribution in [3.05, 3.63) is 0 Å². The van der Waals surface area contributed by atoms with Crippen LogP contribution in [0.1, 0.15) is 38.5 Å². The molecule has 0 bridgehead atoms. The Bertz CT molecular complexity index is 312. The highest BCUT2D eigenvalue weighted by atomic mass is 32.2. The van der Waals surface area contributed by atoms with Crippen molar-refractivity contribution in [2.24, 2.45) is 0 Å². The van der Waals surface area contributed by atoms with Gasteiger partial charge in [-0.15, -0.1) is 0 Å². The van der Waals surface area contributed by atoms with Crippen molar-refractivity contribution in [2.75, 3.05) is 32.6 Å². The normalized spacial score (nSPS) is 18.4. The maximum absolute atomic E-state index is 12.3. The van der Waals surface area contributed by atoms with Crippen molar-refractivity contribution in [3.8, 4) is 0 Å². The van der Waals surface area contributed by atoms with Gasteiger partial charge in [0.15, 0.2) is 0 Å². The van der Waals surface area contributed by atoms with Gasteiger partial charge in [-0.1, -0.05) is 19.3 Å². The lowest BCUT2D eigenvalue weighted by Gasteiger charge is -2.33. The monoisotopic (exact) mass is 279 g/mol. The van der Waals surface area contributed by atoms with Gasteiger partial charge in [-0.3, -0.25) is 0 Å². The smallest absolute Gasteiger partial charge is 0.214 e. The Labute approximate surface area is 110 Å². The van der Waals surface area contributed by atoms with Gasteiger partial charge < -0.3 is 9.84 Å². The van der Waals surface area contributed by atoms with Crippen molar-refractivity contribution in [2.45, 2.75) is 44.6 Å². The topological polar surface area (TPSA) is 66.8 Å². The molecule has 0 aromatic heterocycles. The summed E-state index contributed by atoms with van der Waals surface area (Å²) in [5, 5.41) is 9.07. The second kappa shape index (κ2) is 8.09. The van der Waals surface area contributed by atoms with Gasteiger partial charge in [-0.2, -0.15) is 4.31 Å². The quantitative estimate of drug-likeness (QED) is 0.673. The summed E-state index contributed by atoms with van der Waals surface area (Å²) in [5.41, 5.74) is 0. The lowest BCUT2D eigenvalue weighted by molar-refractivity contribution is 0.192. The third kappa shape index (κ3) is 4.84. The van der Waals surface area contributed by atoms with Crippen molar-refractivity contribution >= 4 is 10.0 Å². The number of aliphatic hydroxyl groups excluding tert-OH is 1. The van der Waals surface area contributed by atoms with E-state index in [0.717, 1.165) is 25.7 Å². The van der Waals surface area contributed by atoms with Crippen LogP contribution < -0.4 is 0 Å². The predicted molar refractivity (Wildman–Crippen MR) is 70.9 cm³/mol. The van der Waals surface area contributed by atoms with Crippen molar-refractivity contribution in [1.29, 1.82) is 0 Å². The van der Waals surface area contributed by atoms with Gasteiger partial charge in [0.25, 0.3) is 0 Å². The van der Waals surface area contributed by atoms with Crippen LogP contribution in [-0.4, -0.2) is 56.5 Å². The van der Waals surface area contributed by atoms with Crippen LogP contribution in [0.3, 0.4) is 0 Å². The van der Waals surface area contributed by atoms with E-state index in [1.54, 1.807) is 7.11 Å². The van der Waals surface area contributed by atoms with Gasteiger partial charge in [-0.05, 0) is 19.3 Å². The molecule has 5 nitrogen and oxygen atoms in total. The number of sulfonamides is 1. The summed E-state index contributed by atoms with van der Waals surface area (Å²) in [5.74, 6) is 0.108. The van der Waals surface area contributed by atoms with Gasteiger partial charge in [0.2, 0.25) is 10.0 Å². The van der Waals surface area contributed by atoms with Gasteiger partial charge in [0.05, 0.1) is 12.4 Å². The second-order valence-electron chi connectivity index (χ2n) is 4.79. The number of aliphatic hydroxyl groups is 1. The minimum Gasteiger partial charge on any atom is -0.395 e. The molecule has 6 heteroatoms. The predicted octanol–water partition coefficient (Wildman–Crippen LogP) is 0.980. The van der Waals surface area contributed by atoms with Gasteiger partial charge >= 0.3 is 0 Å². The highest BCUT2D eigenvalue weighted by Gasteiger charge is 2.29. The van der Waals surface area contributed by atoms with Crippen LogP contribution in [-0.2, 0) is 14.8 Å². The number of ether oxygens (including phenoxy) is 1. The maximum atomic E-state index is 12.3. The molecular weight excluding hydrogens is 254 g/mol. The molecule has 108 valence electrons. The van der Waals surface area contributed by atoms with Gasteiger partial charge in [-0.25, -0.2) is 8.42 Å². The summed E-state index contributed by atoms with van der Waals surface area (Å²) in [6.07, 6.45) is 5.70. The molecule has 0 spiro atoms. The van der Waals surface area contributed by atoms with E-state index in [1.165, 1.54) is 10.7 Å². The maximum Gasteiger partial charge on any atom is 0.214 e. The van der Waals surface area contributed by atoms with Crippen LogP contribution >= 0.6 is 0 Å². The van der Waals surface area contributed by atoms with E-state index >= 15 is 0 Å². The molecule has 1 aliphatic rings. The molecule has 0 aromatic carbocycles. The Morgan fingerprint density at radius 1 is 1.28 bits per heavy atom. The molecule has 1 aliphatic carbocycles. The molecule has 0 unspecified atom stereocenters. The molecule has 0 atom stereocenters. The van der Waals surface area contributed by atoms with Crippen molar-refractivity contribution < 1.29 is 18.3 Å². The van der Waals surface area contributed by atoms with E-state index in [1.807, 2.05) is 0 Å². The molecule has 0 amide bonds. The number of nitrogens with zero attached hydrogens (tertiary/aromatic N) is 1. The summed E-state index contributed by atoms with van der Waals surface area (Å²) in [6, 6.07) is 0.0819. The number of hydrogen-bond acceptors (Lipinski definition) is 4. The zero-order valence-corrected chi connectivity index (χ0v) is 12.0. The average molecular weight is 279 g/mol. The minimum absolute atomic E-state index is 0.0819. The SMILES string of the molecule is COCCCS(=O)(=O)N(CCO)C1CCCCC1. The van der Waals surface area contributed by atoms with E-state index in [2.05, 4.69) is 0 Å². The van der Waals surface area contributed by atoms with Crippen LogP contribution in [0.2, 0.25) is 0 Å². The standard InChI is InChI=1S/C12H25NO4S/c1-17-10-5-11-18(15,16)13(8-9-14)12-6-3-2-4-7-12/h12,14H,2-11H2,1H3. The molecule has 0 saturated heterocycles. The Kier molecular flexibility index (Phi) is 7.14. The fourth-order valence-electron chi connectivity index (χ4n) is 2.52. The van der Waals surface area contributed by atoms with Crippen LogP contribution in [0, 0.1) is 0 Å². The fraction of sp³-hybridized carbons (Fsp3) is 1.00. The fourth-order valence-corrected chi connectivity index (χ4v) is 4.26. The zero-order chi connectivity index (χ0) is 13.4. The second-order valence-corrected chi connectivity index (χ2v) is 6.83. The highest BCUT2D eigenvalue weighted by Crippen LogP contribution is 2.24. The molecule has 0 aliphatic heterocycles. The van der Waals surface area contributed by atoms with Crippen LogP contribution in [0.5, 0.6) is 0 Å². The Morgan fingerprint density at radius 2 is 1.94 bits per heavy atom. The first-order valence-corrected chi connectivity index (χ1v) is 8.32. The lowest BCUT2D eigenvalue weighted by Crippen LogP contribution is -2.44. The summed E-state index contributed by atoms with van der Waals surface area (Å²) < 4.78 is 30.9. The number of methoxy groups -OCH3 is 1. The van der Waals surface area contributed by atoms with Crippen molar-refractivity contribution in [3.63, 3.8) is 0 Å². The minimum atomic E-state index is -3.26. The molecule has 0 heterocycles. The van der Waals surface area contributed by atoms with Gasteiger partial charge in [0, 0.05) is 26.3 Å². The molecule has 0 radical (unpaired) electrons. The van der Waals surface area contributed by atoms with E-state index in [4.69, 9.17) is 9.84 Å².